The molecule has 158 valence electrons. The number of hydrogen-bond donors (Lipinski definition) is 0. The number of carbonyl (C=O) groups is 2. The highest BCUT2D eigenvalue weighted by Crippen LogP contribution is 2.41. The molecule has 1 heterocycles. The van der Waals surface area contributed by atoms with Crippen LogP contribution in [0.1, 0.15) is 35.6 Å². The molecule has 0 N–H and O–H groups in total. The van der Waals surface area contributed by atoms with Crippen molar-refractivity contribution in [2.45, 2.75) is 25.3 Å². The zero-order valence-electron chi connectivity index (χ0n) is 16.6. The van der Waals surface area contributed by atoms with E-state index in [9.17, 15) is 24.8 Å². The highest BCUT2D eigenvalue weighted by atomic mass is 16.6. The number of nitro groups is 1. The molecule has 0 unspecified atom stereocenters. The number of ether oxygens (including phenoxy) is 2. The second-order valence-corrected chi connectivity index (χ2v) is 6.87. The molecule has 2 aromatic rings. The molecule has 9 heteroatoms. The standard InChI is InChI=1S/C21H22N2O7/c1-29-17-11-13-8-9-22(19(24)6-7-20(25)26)21(16(13)12-18(17)30-2)14-4-3-5-15(10-14)23(27)28/h3-5,10-12,21H,6-9H2,1-2H3,(H,25,26)/p-1/t21-/m1/s1. The fraction of sp³-hybridized carbons (Fsp3) is 0.333. The fourth-order valence-electron chi connectivity index (χ4n) is 3.73. The van der Waals surface area contributed by atoms with Gasteiger partial charge in [0, 0.05) is 31.1 Å². The number of amides is 1. The number of methoxy groups -OCH3 is 2. The number of carboxylic acids is 1. The number of nitrogens with zero attached hydrogens (tertiary/aromatic N) is 2. The van der Waals surface area contributed by atoms with E-state index < -0.39 is 23.4 Å². The Morgan fingerprint density at radius 2 is 1.83 bits per heavy atom. The average molecular weight is 413 g/mol. The highest BCUT2D eigenvalue weighted by molar-refractivity contribution is 5.81. The van der Waals surface area contributed by atoms with E-state index in [1.807, 2.05) is 6.07 Å². The lowest BCUT2D eigenvalue weighted by atomic mass is 9.87. The molecule has 1 amide bonds. The zero-order valence-corrected chi connectivity index (χ0v) is 16.6. The van der Waals surface area contributed by atoms with Crippen LogP contribution in [-0.2, 0) is 16.0 Å². The van der Waals surface area contributed by atoms with E-state index in [-0.39, 0.29) is 18.0 Å². The van der Waals surface area contributed by atoms with Crippen molar-refractivity contribution in [3.05, 3.63) is 63.2 Å². The summed E-state index contributed by atoms with van der Waals surface area (Å²) in [6, 6.07) is 9.05. The predicted molar refractivity (Wildman–Crippen MR) is 104 cm³/mol. The third-order valence-electron chi connectivity index (χ3n) is 5.13. The molecule has 0 aliphatic carbocycles. The normalized spacial score (nSPS) is 15.3. The minimum atomic E-state index is -1.31. The van der Waals surface area contributed by atoms with Crippen molar-refractivity contribution >= 4 is 17.6 Å². The second kappa shape index (κ2) is 8.81. The number of rotatable bonds is 7. The van der Waals surface area contributed by atoms with Gasteiger partial charge in [-0.05, 0) is 41.7 Å². The van der Waals surface area contributed by atoms with Gasteiger partial charge < -0.3 is 24.3 Å². The molecule has 9 nitrogen and oxygen atoms in total. The average Bonchev–Trinajstić information content (AvgIpc) is 2.75. The van der Waals surface area contributed by atoms with Gasteiger partial charge in [0.15, 0.2) is 11.5 Å². The van der Waals surface area contributed by atoms with Crippen LogP contribution in [0.2, 0.25) is 0 Å². The van der Waals surface area contributed by atoms with Gasteiger partial charge in [0.05, 0.1) is 25.2 Å². The van der Waals surface area contributed by atoms with Crippen molar-refractivity contribution in [1.29, 1.82) is 0 Å². The summed E-state index contributed by atoms with van der Waals surface area (Å²) in [5, 5.41) is 22.1. The SMILES string of the molecule is COc1cc2c(cc1OC)[C@@H](c1cccc([N+](=O)[O-])c1)N(C(=O)CCC(=O)[O-])CC2. The number of non-ortho nitro benzene ring substituents is 1. The Hall–Kier alpha value is -3.62. The first-order chi connectivity index (χ1) is 14.3. The van der Waals surface area contributed by atoms with Crippen molar-refractivity contribution in [2.75, 3.05) is 20.8 Å². The Balaban J connectivity index is 2.12. The molecule has 0 saturated carbocycles. The summed E-state index contributed by atoms with van der Waals surface area (Å²) in [5.41, 5.74) is 2.13. The van der Waals surface area contributed by atoms with Crippen LogP contribution >= 0.6 is 0 Å². The van der Waals surface area contributed by atoms with E-state index in [4.69, 9.17) is 9.47 Å². The first kappa shape index (κ1) is 21.1. The highest BCUT2D eigenvalue weighted by Gasteiger charge is 2.33. The fourth-order valence-corrected chi connectivity index (χ4v) is 3.73. The van der Waals surface area contributed by atoms with Crippen LogP contribution in [0.15, 0.2) is 36.4 Å². The number of nitro benzene ring substituents is 1. The first-order valence-electron chi connectivity index (χ1n) is 9.34. The van der Waals surface area contributed by atoms with Crippen LogP contribution in [0.5, 0.6) is 11.5 Å². The largest absolute Gasteiger partial charge is 0.550 e. The van der Waals surface area contributed by atoms with Gasteiger partial charge in [0.2, 0.25) is 5.91 Å². The van der Waals surface area contributed by atoms with E-state index in [2.05, 4.69) is 0 Å². The Morgan fingerprint density at radius 1 is 1.13 bits per heavy atom. The van der Waals surface area contributed by atoms with E-state index in [1.54, 1.807) is 23.1 Å². The Kier molecular flexibility index (Phi) is 6.20. The van der Waals surface area contributed by atoms with Crippen LogP contribution < -0.4 is 14.6 Å². The van der Waals surface area contributed by atoms with Crippen LogP contribution in [0.3, 0.4) is 0 Å². The van der Waals surface area contributed by atoms with Crippen molar-refractivity contribution in [2.24, 2.45) is 0 Å². The summed E-state index contributed by atoms with van der Waals surface area (Å²) in [4.78, 5) is 36.0. The number of carbonyl (C=O) groups excluding carboxylic acids is 2. The van der Waals surface area contributed by atoms with Crippen molar-refractivity contribution in [3.63, 3.8) is 0 Å². The maximum absolute atomic E-state index is 12.8. The molecule has 2 aromatic carbocycles. The molecule has 0 radical (unpaired) electrons. The Labute approximate surface area is 173 Å². The maximum atomic E-state index is 12.8. The van der Waals surface area contributed by atoms with E-state index in [0.717, 1.165) is 11.1 Å². The molecule has 30 heavy (non-hydrogen) atoms. The third kappa shape index (κ3) is 4.19. The summed E-state index contributed by atoms with van der Waals surface area (Å²) < 4.78 is 10.8. The summed E-state index contributed by atoms with van der Waals surface area (Å²) in [6.07, 6.45) is -0.0790. The van der Waals surface area contributed by atoms with Gasteiger partial charge in [-0.1, -0.05) is 12.1 Å². The summed E-state index contributed by atoms with van der Waals surface area (Å²) in [6.45, 7) is 0.335. The number of hydrogen-bond acceptors (Lipinski definition) is 7. The molecule has 0 saturated heterocycles. The first-order valence-corrected chi connectivity index (χ1v) is 9.34. The topological polar surface area (TPSA) is 122 Å². The zero-order chi connectivity index (χ0) is 21.8. The van der Waals surface area contributed by atoms with Gasteiger partial charge >= 0.3 is 0 Å². The van der Waals surface area contributed by atoms with Gasteiger partial charge in [0.1, 0.15) is 0 Å². The van der Waals surface area contributed by atoms with Crippen LogP contribution in [-0.4, -0.2) is 42.5 Å². The van der Waals surface area contributed by atoms with Crippen molar-refractivity contribution < 1.29 is 29.1 Å². The molecule has 0 fully saturated rings. The summed E-state index contributed by atoms with van der Waals surface area (Å²) in [7, 11) is 3.03. The monoisotopic (exact) mass is 413 g/mol. The van der Waals surface area contributed by atoms with Gasteiger partial charge in [0.25, 0.3) is 5.69 Å². The van der Waals surface area contributed by atoms with E-state index in [0.29, 0.717) is 30.0 Å². The number of aliphatic carboxylic acids is 1. The number of carboxylic acid groups (broad SMARTS) is 1. The minimum absolute atomic E-state index is 0.0952. The van der Waals surface area contributed by atoms with Gasteiger partial charge in [-0.15, -0.1) is 0 Å². The third-order valence-corrected chi connectivity index (χ3v) is 5.13. The number of fused-ring (bicyclic) bond motifs is 1. The molecular weight excluding hydrogens is 392 g/mol. The molecule has 0 aromatic heterocycles. The van der Waals surface area contributed by atoms with Gasteiger partial charge in [-0.3, -0.25) is 14.9 Å². The minimum Gasteiger partial charge on any atom is -0.550 e. The lowest BCUT2D eigenvalue weighted by molar-refractivity contribution is -0.384. The maximum Gasteiger partial charge on any atom is 0.269 e. The van der Waals surface area contributed by atoms with Gasteiger partial charge in [-0.25, -0.2) is 0 Å². The van der Waals surface area contributed by atoms with Crippen molar-refractivity contribution in [3.8, 4) is 11.5 Å². The van der Waals surface area contributed by atoms with Crippen LogP contribution in [0.25, 0.3) is 0 Å². The molecule has 1 atom stereocenters. The molecule has 0 bridgehead atoms. The van der Waals surface area contributed by atoms with Crippen LogP contribution in [0.4, 0.5) is 5.69 Å². The Bertz CT molecular complexity index is 989. The molecule has 0 spiro atoms. The molecule has 1 aliphatic heterocycles. The quantitative estimate of drug-likeness (QED) is 0.499. The Morgan fingerprint density at radius 3 is 2.47 bits per heavy atom. The molecule has 3 rings (SSSR count). The second-order valence-electron chi connectivity index (χ2n) is 6.87. The summed E-state index contributed by atoms with van der Waals surface area (Å²) in [5.74, 6) is -0.656. The smallest absolute Gasteiger partial charge is 0.269 e. The van der Waals surface area contributed by atoms with E-state index in [1.165, 1.54) is 26.4 Å². The molecular formula is C21H21N2O7-. The van der Waals surface area contributed by atoms with Crippen molar-refractivity contribution in [1.82, 2.24) is 4.90 Å². The predicted octanol–water partition coefficient (Wildman–Crippen LogP) is 1.62. The van der Waals surface area contributed by atoms with Crippen LogP contribution in [0, 0.1) is 10.1 Å². The molecule has 1 aliphatic rings. The van der Waals surface area contributed by atoms with E-state index >= 15 is 0 Å². The van der Waals surface area contributed by atoms with Gasteiger partial charge in [-0.2, -0.15) is 0 Å². The lowest BCUT2D eigenvalue weighted by Crippen LogP contribution is -2.41. The lowest BCUT2D eigenvalue weighted by Gasteiger charge is -2.38. The summed E-state index contributed by atoms with van der Waals surface area (Å²) >= 11 is 0. The number of benzene rings is 2.